The van der Waals surface area contributed by atoms with Crippen LogP contribution >= 0.6 is 0 Å². The molecule has 6 nitrogen and oxygen atoms in total. The molecule has 132 valence electrons. The zero-order valence-corrected chi connectivity index (χ0v) is 14.7. The molecular formula is C19H23N3O3. The lowest BCUT2D eigenvalue weighted by Gasteiger charge is -2.27. The first-order valence-corrected chi connectivity index (χ1v) is 8.08. The minimum absolute atomic E-state index is 0.153. The first kappa shape index (κ1) is 18.4. The van der Waals surface area contributed by atoms with Crippen molar-refractivity contribution in [1.29, 1.82) is 0 Å². The van der Waals surface area contributed by atoms with Gasteiger partial charge in [0.15, 0.2) is 0 Å². The summed E-state index contributed by atoms with van der Waals surface area (Å²) in [4.78, 5) is 30.0. The molecule has 0 radical (unpaired) electrons. The van der Waals surface area contributed by atoms with Crippen molar-refractivity contribution in [2.75, 3.05) is 7.11 Å². The molecule has 1 N–H and O–H groups in total. The predicted octanol–water partition coefficient (Wildman–Crippen LogP) is 2.14. The highest BCUT2D eigenvalue weighted by Gasteiger charge is 2.23. The van der Waals surface area contributed by atoms with Crippen LogP contribution in [0.4, 0.5) is 0 Å². The molecule has 0 aliphatic carbocycles. The van der Waals surface area contributed by atoms with Gasteiger partial charge >= 0.3 is 0 Å². The number of methoxy groups -OCH3 is 1. The highest BCUT2D eigenvalue weighted by atomic mass is 16.5. The van der Waals surface area contributed by atoms with Crippen LogP contribution in [0.25, 0.3) is 0 Å². The van der Waals surface area contributed by atoms with Crippen LogP contribution in [0.2, 0.25) is 0 Å². The number of rotatable bonds is 7. The third-order valence-corrected chi connectivity index (χ3v) is 3.95. The van der Waals surface area contributed by atoms with E-state index in [-0.39, 0.29) is 11.8 Å². The number of aromatic nitrogens is 1. The summed E-state index contributed by atoms with van der Waals surface area (Å²) in [6.07, 6.45) is 3.38. The Balaban J connectivity index is 1.99. The van der Waals surface area contributed by atoms with Crippen LogP contribution < -0.4 is 10.1 Å². The molecular weight excluding hydrogens is 318 g/mol. The summed E-state index contributed by atoms with van der Waals surface area (Å²) in [6.45, 7) is 3.93. The normalized spacial score (nSPS) is 11.5. The van der Waals surface area contributed by atoms with Gasteiger partial charge < -0.3 is 15.0 Å². The lowest BCUT2D eigenvalue weighted by atomic mass is 10.1. The fraction of sp³-hybridized carbons (Fsp3) is 0.316. The predicted molar refractivity (Wildman–Crippen MR) is 94.8 cm³/mol. The Kier molecular flexibility index (Phi) is 6.51. The van der Waals surface area contributed by atoms with Crippen LogP contribution in [-0.4, -0.2) is 34.8 Å². The topological polar surface area (TPSA) is 71.5 Å². The number of nitrogens with one attached hydrogen (secondary N) is 1. The average Bonchev–Trinajstić information content (AvgIpc) is 2.64. The number of hydrogen-bond donors (Lipinski definition) is 1. The Bertz CT molecular complexity index is 702. The number of hydrogen-bond acceptors (Lipinski definition) is 4. The Morgan fingerprint density at radius 3 is 2.48 bits per heavy atom. The van der Waals surface area contributed by atoms with Gasteiger partial charge in [-0.2, -0.15) is 0 Å². The van der Waals surface area contributed by atoms with Gasteiger partial charge in [0.05, 0.1) is 7.11 Å². The van der Waals surface area contributed by atoms with Crippen molar-refractivity contribution in [3.8, 4) is 5.75 Å². The SMILES string of the molecule is COc1ccc(CN(C(C)=O)[C@H](C)C(=O)NCc2cccnc2)cc1. The monoisotopic (exact) mass is 341 g/mol. The van der Waals surface area contributed by atoms with Gasteiger partial charge in [-0.25, -0.2) is 0 Å². The first-order chi connectivity index (χ1) is 12.0. The number of pyridine rings is 1. The van der Waals surface area contributed by atoms with E-state index < -0.39 is 6.04 Å². The zero-order valence-electron chi connectivity index (χ0n) is 14.7. The highest BCUT2D eigenvalue weighted by molar-refractivity contribution is 5.86. The van der Waals surface area contributed by atoms with E-state index in [1.165, 1.54) is 6.92 Å². The molecule has 1 heterocycles. The second kappa shape index (κ2) is 8.82. The molecule has 6 heteroatoms. The number of ether oxygens (including phenoxy) is 1. The molecule has 1 aromatic carbocycles. The molecule has 0 saturated heterocycles. The van der Waals surface area contributed by atoms with Gasteiger partial charge in [0.25, 0.3) is 0 Å². The molecule has 25 heavy (non-hydrogen) atoms. The van der Waals surface area contributed by atoms with Crippen LogP contribution in [0.15, 0.2) is 48.8 Å². The van der Waals surface area contributed by atoms with Crippen LogP contribution in [0.1, 0.15) is 25.0 Å². The molecule has 0 saturated carbocycles. The van der Waals surface area contributed by atoms with Crippen molar-refractivity contribution >= 4 is 11.8 Å². The second-order valence-electron chi connectivity index (χ2n) is 5.75. The summed E-state index contributed by atoms with van der Waals surface area (Å²) >= 11 is 0. The quantitative estimate of drug-likeness (QED) is 0.837. The third-order valence-electron chi connectivity index (χ3n) is 3.95. The van der Waals surface area contributed by atoms with Crippen LogP contribution in [0.3, 0.4) is 0 Å². The van der Waals surface area contributed by atoms with E-state index in [0.717, 1.165) is 16.9 Å². The lowest BCUT2D eigenvalue weighted by molar-refractivity contribution is -0.139. The minimum atomic E-state index is -0.573. The van der Waals surface area contributed by atoms with Crippen LogP contribution in [0.5, 0.6) is 5.75 Å². The summed E-state index contributed by atoms with van der Waals surface area (Å²) < 4.78 is 5.13. The van der Waals surface area contributed by atoms with E-state index in [0.29, 0.717) is 13.1 Å². The zero-order chi connectivity index (χ0) is 18.2. The molecule has 0 aliphatic heterocycles. The summed E-state index contributed by atoms with van der Waals surface area (Å²) in [5, 5.41) is 2.85. The number of amides is 2. The minimum Gasteiger partial charge on any atom is -0.497 e. The Hall–Kier alpha value is -2.89. The van der Waals surface area contributed by atoms with Crippen molar-refractivity contribution in [2.24, 2.45) is 0 Å². The number of benzene rings is 1. The molecule has 0 spiro atoms. The van der Waals surface area contributed by atoms with E-state index in [9.17, 15) is 9.59 Å². The molecule has 2 aromatic rings. The maximum absolute atomic E-state index is 12.4. The standard InChI is InChI=1S/C19H23N3O3/c1-14(19(24)21-12-17-5-4-10-20-11-17)22(15(2)23)13-16-6-8-18(25-3)9-7-16/h4-11,14H,12-13H2,1-3H3,(H,21,24)/t14-/m1/s1. The molecule has 2 amide bonds. The summed E-state index contributed by atoms with van der Waals surface area (Å²) in [5.41, 5.74) is 1.84. The smallest absolute Gasteiger partial charge is 0.242 e. The lowest BCUT2D eigenvalue weighted by Crippen LogP contribution is -2.46. The largest absolute Gasteiger partial charge is 0.497 e. The van der Waals surface area contributed by atoms with Crippen molar-refractivity contribution in [1.82, 2.24) is 15.2 Å². The van der Waals surface area contributed by atoms with Gasteiger partial charge in [0.2, 0.25) is 11.8 Å². The van der Waals surface area contributed by atoms with Crippen molar-refractivity contribution < 1.29 is 14.3 Å². The molecule has 2 rings (SSSR count). The van der Waals surface area contributed by atoms with Gasteiger partial charge in [0, 0.05) is 32.4 Å². The van der Waals surface area contributed by atoms with Gasteiger partial charge in [-0.1, -0.05) is 18.2 Å². The fourth-order valence-electron chi connectivity index (χ4n) is 2.43. The van der Waals surface area contributed by atoms with Gasteiger partial charge in [-0.3, -0.25) is 14.6 Å². The molecule has 0 unspecified atom stereocenters. The Morgan fingerprint density at radius 2 is 1.92 bits per heavy atom. The maximum atomic E-state index is 12.4. The first-order valence-electron chi connectivity index (χ1n) is 8.08. The van der Waals surface area contributed by atoms with Gasteiger partial charge in [-0.15, -0.1) is 0 Å². The van der Waals surface area contributed by atoms with Gasteiger partial charge in [-0.05, 0) is 36.2 Å². The highest BCUT2D eigenvalue weighted by Crippen LogP contribution is 2.14. The Labute approximate surface area is 147 Å². The molecule has 1 atom stereocenters. The third kappa shape index (κ3) is 5.31. The average molecular weight is 341 g/mol. The van der Waals surface area contributed by atoms with E-state index in [1.54, 1.807) is 31.3 Å². The molecule has 0 aliphatic rings. The van der Waals surface area contributed by atoms with Gasteiger partial charge in [0.1, 0.15) is 11.8 Å². The summed E-state index contributed by atoms with van der Waals surface area (Å²) in [5.74, 6) is 0.396. The second-order valence-corrected chi connectivity index (χ2v) is 5.75. The van der Waals surface area contributed by atoms with Crippen LogP contribution in [-0.2, 0) is 22.7 Å². The summed E-state index contributed by atoms with van der Waals surface area (Å²) in [6, 6.07) is 10.6. The maximum Gasteiger partial charge on any atom is 0.242 e. The van der Waals surface area contributed by atoms with E-state index in [4.69, 9.17) is 4.74 Å². The van der Waals surface area contributed by atoms with Crippen LogP contribution in [0, 0.1) is 0 Å². The Morgan fingerprint density at radius 1 is 1.20 bits per heavy atom. The molecule has 0 fully saturated rings. The van der Waals surface area contributed by atoms with E-state index >= 15 is 0 Å². The number of carbonyl (C=O) groups is 2. The molecule has 0 bridgehead atoms. The van der Waals surface area contributed by atoms with Crippen molar-refractivity contribution in [3.63, 3.8) is 0 Å². The number of nitrogens with zero attached hydrogens (tertiary/aromatic N) is 2. The summed E-state index contributed by atoms with van der Waals surface area (Å²) in [7, 11) is 1.60. The van der Waals surface area contributed by atoms with E-state index in [2.05, 4.69) is 10.3 Å². The van der Waals surface area contributed by atoms with Crippen molar-refractivity contribution in [2.45, 2.75) is 33.0 Å². The fourth-order valence-corrected chi connectivity index (χ4v) is 2.43. The van der Waals surface area contributed by atoms with E-state index in [1.807, 2.05) is 36.4 Å². The number of carbonyl (C=O) groups excluding carboxylic acids is 2. The van der Waals surface area contributed by atoms with Crippen molar-refractivity contribution in [3.05, 3.63) is 59.9 Å². The molecule has 1 aromatic heterocycles.